The van der Waals surface area contributed by atoms with Crippen LogP contribution in [-0.2, 0) is 17.6 Å². The molecule has 0 radical (unpaired) electrons. The van der Waals surface area contributed by atoms with Crippen molar-refractivity contribution in [2.24, 2.45) is 0 Å². The normalized spacial score (nSPS) is 11.0. The minimum atomic E-state index is 0.0697. The van der Waals surface area contributed by atoms with Crippen LogP contribution in [0.5, 0.6) is 0 Å². The highest BCUT2D eigenvalue weighted by Gasteiger charge is 2.08. The second-order valence-electron chi connectivity index (χ2n) is 6.29. The number of hydrogen-bond donors (Lipinski definition) is 1. The Bertz CT molecular complexity index is 850. The fourth-order valence-corrected chi connectivity index (χ4v) is 2.76. The molecular weight excluding hydrogens is 312 g/mol. The van der Waals surface area contributed by atoms with Gasteiger partial charge >= 0.3 is 0 Å². The number of aromatic nitrogens is 1. The van der Waals surface area contributed by atoms with E-state index in [0.717, 1.165) is 41.6 Å². The van der Waals surface area contributed by atoms with Crippen LogP contribution in [0.25, 0.3) is 11.1 Å². The van der Waals surface area contributed by atoms with Crippen molar-refractivity contribution in [3.8, 4) is 0 Å². The van der Waals surface area contributed by atoms with Gasteiger partial charge in [-0.25, -0.2) is 4.98 Å². The number of amides is 1. The summed E-state index contributed by atoms with van der Waals surface area (Å²) in [6.45, 7) is 4.21. The Labute approximate surface area is 148 Å². The first-order valence-electron chi connectivity index (χ1n) is 8.95. The molecule has 25 heavy (non-hydrogen) atoms. The summed E-state index contributed by atoms with van der Waals surface area (Å²) in [7, 11) is 0. The number of oxazole rings is 1. The first-order valence-corrected chi connectivity index (χ1v) is 8.95. The zero-order valence-corrected chi connectivity index (χ0v) is 14.8. The standard InChI is InChI=1S/C21H24N2O2/c1-3-5-6-20(24)22-17-10-7-16(8-11-17)14-21-23-18-13-15(4-2)9-12-19(18)25-21/h7-13H,3-6,14H2,1-2H3,(H,22,24). The van der Waals surface area contributed by atoms with Gasteiger partial charge in [-0.1, -0.05) is 38.5 Å². The summed E-state index contributed by atoms with van der Waals surface area (Å²) in [5.74, 6) is 0.781. The molecule has 0 bridgehead atoms. The molecule has 0 spiro atoms. The average Bonchev–Trinajstić information content (AvgIpc) is 3.02. The zero-order chi connectivity index (χ0) is 17.6. The first-order chi connectivity index (χ1) is 12.2. The smallest absolute Gasteiger partial charge is 0.224 e. The second kappa shape index (κ2) is 7.97. The molecule has 0 atom stereocenters. The summed E-state index contributed by atoms with van der Waals surface area (Å²) >= 11 is 0. The van der Waals surface area contributed by atoms with E-state index in [2.05, 4.69) is 36.3 Å². The van der Waals surface area contributed by atoms with Crippen molar-refractivity contribution in [2.75, 3.05) is 5.32 Å². The highest BCUT2D eigenvalue weighted by atomic mass is 16.3. The van der Waals surface area contributed by atoms with Crippen LogP contribution < -0.4 is 5.32 Å². The highest BCUT2D eigenvalue weighted by Crippen LogP contribution is 2.20. The molecule has 3 aromatic rings. The van der Waals surface area contributed by atoms with Crippen molar-refractivity contribution in [3.63, 3.8) is 0 Å². The number of benzene rings is 2. The van der Waals surface area contributed by atoms with Gasteiger partial charge in [-0.2, -0.15) is 0 Å². The predicted molar refractivity (Wildman–Crippen MR) is 101 cm³/mol. The number of nitrogens with zero attached hydrogens (tertiary/aromatic N) is 1. The molecule has 0 aliphatic carbocycles. The van der Waals surface area contributed by atoms with E-state index in [-0.39, 0.29) is 5.91 Å². The summed E-state index contributed by atoms with van der Waals surface area (Å²) < 4.78 is 5.83. The van der Waals surface area contributed by atoms with Gasteiger partial charge in [-0.15, -0.1) is 0 Å². The third-order valence-electron chi connectivity index (χ3n) is 4.25. The second-order valence-corrected chi connectivity index (χ2v) is 6.29. The summed E-state index contributed by atoms with van der Waals surface area (Å²) in [6, 6.07) is 14.0. The van der Waals surface area contributed by atoms with E-state index < -0.39 is 0 Å². The Hall–Kier alpha value is -2.62. The molecule has 1 amide bonds. The minimum Gasteiger partial charge on any atom is -0.440 e. The molecule has 1 aromatic heterocycles. The SMILES string of the molecule is CCCCC(=O)Nc1ccc(Cc2nc3cc(CC)ccc3o2)cc1. The molecule has 0 aliphatic heterocycles. The van der Waals surface area contributed by atoms with Crippen LogP contribution in [0.3, 0.4) is 0 Å². The fourth-order valence-electron chi connectivity index (χ4n) is 2.76. The lowest BCUT2D eigenvalue weighted by molar-refractivity contribution is -0.116. The van der Waals surface area contributed by atoms with Crippen LogP contribution in [0.15, 0.2) is 46.9 Å². The number of unbranched alkanes of at least 4 members (excludes halogenated alkanes) is 1. The van der Waals surface area contributed by atoms with E-state index in [1.165, 1.54) is 5.56 Å². The monoisotopic (exact) mass is 336 g/mol. The molecule has 0 saturated heterocycles. The fraction of sp³-hybridized carbons (Fsp3) is 0.333. The van der Waals surface area contributed by atoms with Crippen molar-refractivity contribution >= 4 is 22.7 Å². The molecular formula is C21H24N2O2. The highest BCUT2D eigenvalue weighted by molar-refractivity contribution is 5.90. The number of carbonyl (C=O) groups excluding carboxylic acids is 1. The quantitative estimate of drug-likeness (QED) is 0.652. The van der Waals surface area contributed by atoms with E-state index >= 15 is 0 Å². The number of anilines is 1. The Morgan fingerprint density at radius 3 is 2.56 bits per heavy atom. The Balaban J connectivity index is 1.66. The van der Waals surface area contributed by atoms with Crippen LogP contribution >= 0.6 is 0 Å². The van der Waals surface area contributed by atoms with Gasteiger partial charge in [0.1, 0.15) is 5.52 Å². The van der Waals surface area contributed by atoms with Gasteiger partial charge in [0.2, 0.25) is 5.91 Å². The molecule has 0 fully saturated rings. The van der Waals surface area contributed by atoms with E-state index in [1.807, 2.05) is 30.3 Å². The zero-order valence-electron chi connectivity index (χ0n) is 14.8. The third-order valence-corrected chi connectivity index (χ3v) is 4.25. The molecule has 0 unspecified atom stereocenters. The number of carbonyl (C=O) groups is 1. The van der Waals surface area contributed by atoms with Crippen molar-refractivity contribution in [3.05, 3.63) is 59.5 Å². The molecule has 3 rings (SSSR count). The van der Waals surface area contributed by atoms with Crippen LogP contribution in [0.1, 0.15) is 50.1 Å². The molecule has 2 aromatic carbocycles. The summed E-state index contributed by atoms with van der Waals surface area (Å²) in [5.41, 5.74) is 4.93. The Morgan fingerprint density at radius 2 is 1.84 bits per heavy atom. The maximum atomic E-state index is 11.8. The van der Waals surface area contributed by atoms with Crippen molar-refractivity contribution in [1.29, 1.82) is 0 Å². The lowest BCUT2D eigenvalue weighted by Gasteiger charge is -2.05. The summed E-state index contributed by atoms with van der Waals surface area (Å²) in [6.07, 6.45) is 4.14. The molecule has 1 heterocycles. The molecule has 4 nitrogen and oxygen atoms in total. The molecule has 1 N–H and O–H groups in total. The average molecular weight is 336 g/mol. The number of rotatable bonds is 7. The van der Waals surface area contributed by atoms with Gasteiger partial charge < -0.3 is 9.73 Å². The molecule has 130 valence electrons. The third kappa shape index (κ3) is 4.47. The van der Waals surface area contributed by atoms with Crippen molar-refractivity contribution < 1.29 is 9.21 Å². The van der Waals surface area contributed by atoms with Gasteiger partial charge in [-0.05, 0) is 48.2 Å². The molecule has 4 heteroatoms. The summed E-state index contributed by atoms with van der Waals surface area (Å²) in [4.78, 5) is 16.3. The number of nitrogens with one attached hydrogen (secondary N) is 1. The lowest BCUT2D eigenvalue weighted by Crippen LogP contribution is -2.10. The Morgan fingerprint density at radius 1 is 1.08 bits per heavy atom. The topological polar surface area (TPSA) is 55.1 Å². The number of aryl methyl sites for hydroxylation is 1. The van der Waals surface area contributed by atoms with Crippen LogP contribution in [0.2, 0.25) is 0 Å². The maximum Gasteiger partial charge on any atom is 0.224 e. The van der Waals surface area contributed by atoms with E-state index in [9.17, 15) is 4.79 Å². The van der Waals surface area contributed by atoms with Gasteiger partial charge in [-0.3, -0.25) is 4.79 Å². The number of fused-ring (bicyclic) bond motifs is 1. The van der Waals surface area contributed by atoms with E-state index in [0.29, 0.717) is 18.7 Å². The number of hydrogen-bond acceptors (Lipinski definition) is 3. The van der Waals surface area contributed by atoms with Gasteiger partial charge in [0.05, 0.1) is 0 Å². The molecule has 0 aliphatic rings. The van der Waals surface area contributed by atoms with Crippen LogP contribution in [-0.4, -0.2) is 10.9 Å². The molecule has 0 saturated carbocycles. The minimum absolute atomic E-state index is 0.0697. The van der Waals surface area contributed by atoms with Gasteiger partial charge in [0.25, 0.3) is 0 Å². The van der Waals surface area contributed by atoms with Crippen molar-refractivity contribution in [2.45, 2.75) is 46.0 Å². The van der Waals surface area contributed by atoms with Gasteiger partial charge in [0.15, 0.2) is 11.5 Å². The first kappa shape index (κ1) is 17.2. The lowest BCUT2D eigenvalue weighted by atomic mass is 10.1. The summed E-state index contributed by atoms with van der Waals surface area (Å²) in [5, 5.41) is 2.92. The maximum absolute atomic E-state index is 11.8. The predicted octanol–water partition coefficient (Wildman–Crippen LogP) is 5.11. The van der Waals surface area contributed by atoms with Crippen molar-refractivity contribution in [1.82, 2.24) is 4.98 Å². The van der Waals surface area contributed by atoms with E-state index in [4.69, 9.17) is 4.42 Å². The van der Waals surface area contributed by atoms with E-state index in [1.54, 1.807) is 0 Å². The van der Waals surface area contributed by atoms with Gasteiger partial charge in [0, 0.05) is 18.5 Å². The van der Waals surface area contributed by atoms with Crippen LogP contribution in [0, 0.1) is 0 Å². The largest absolute Gasteiger partial charge is 0.440 e. The Kier molecular flexibility index (Phi) is 5.49. The van der Waals surface area contributed by atoms with Crippen LogP contribution in [0.4, 0.5) is 5.69 Å².